The summed E-state index contributed by atoms with van der Waals surface area (Å²) in [6.45, 7) is 4.26. The summed E-state index contributed by atoms with van der Waals surface area (Å²) in [6.07, 6.45) is 6.94. The van der Waals surface area contributed by atoms with E-state index in [1.54, 1.807) is 18.1 Å². The van der Waals surface area contributed by atoms with Gasteiger partial charge in [0, 0.05) is 74.1 Å². The molecule has 0 bridgehead atoms. The summed E-state index contributed by atoms with van der Waals surface area (Å²) in [5, 5.41) is 23.4. The van der Waals surface area contributed by atoms with Crippen LogP contribution < -0.4 is 10.2 Å². The Morgan fingerprint density at radius 2 is 1.90 bits per heavy atom. The van der Waals surface area contributed by atoms with Gasteiger partial charge in [-0.2, -0.15) is 0 Å². The third kappa shape index (κ3) is 7.39. The lowest BCUT2D eigenvalue weighted by Gasteiger charge is -2.32. The number of fused-ring (bicyclic) bond motifs is 3. The normalized spacial score (nSPS) is 18.2. The van der Waals surface area contributed by atoms with Crippen molar-refractivity contribution in [3.8, 4) is 11.1 Å². The molecule has 2 atom stereocenters. The summed E-state index contributed by atoms with van der Waals surface area (Å²) in [5.74, 6) is -0.239. The number of likely N-dealkylation sites (tertiary alicyclic amines) is 1. The van der Waals surface area contributed by atoms with E-state index in [1.807, 2.05) is 46.3 Å². The molecule has 270 valence electrons. The molecule has 0 saturated carbocycles. The number of piperidine rings is 1. The lowest BCUT2D eigenvalue weighted by molar-refractivity contribution is -0.138. The number of hydrogen-bond donors (Lipinski definition) is 3. The van der Waals surface area contributed by atoms with E-state index in [0.29, 0.717) is 49.9 Å². The van der Waals surface area contributed by atoms with Gasteiger partial charge in [-0.25, -0.2) is 4.98 Å². The molecule has 1 fully saturated rings. The summed E-state index contributed by atoms with van der Waals surface area (Å²) < 4.78 is 0. The predicted octanol–water partition coefficient (Wildman–Crippen LogP) is 4.68. The smallest absolute Gasteiger partial charge is 0.317 e. The van der Waals surface area contributed by atoms with Gasteiger partial charge in [0.2, 0.25) is 5.91 Å². The number of likely N-dealkylation sites (N-methyl/N-ethyl adjacent to an activating group) is 1. The van der Waals surface area contributed by atoms with Crippen LogP contribution in [0, 0.1) is 6.92 Å². The molecule has 5 heterocycles. The predicted molar refractivity (Wildman–Crippen MR) is 204 cm³/mol. The number of aliphatic hydroxyl groups excluding tert-OH is 1. The van der Waals surface area contributed by atoms with Crippen molar-refractivity contribution >= 4 is 62.7 Å². The molecule has 3 aliphatic heterocycles. The number of carbonyl (C=O) groups excluding carboxylic acids is 2. The fraction of sp³-hybridized carbons (Fsp3) is 0.385. The molecule has 2 aromatic heterocycles. The van der Waals surface area contributed by atoms with E-state index in [4.69, 9.17) is 15.1 Å². The Morgan fingerprint density at radius 3 is 2.73 bits per heavy atom. The lowest BCUT2D eigenvalue weighted by atomic mass is 9.93. The number of benzene rings is 2. The lowest BCUT2D eigenvalue weighted by Crippen LogP contribution is -2.45. The van der Waals surface area contributed by atoms with Gasteiger partial charge in [-0.3, -0.25) is 29.3 Å². The number of anilines is 3. The highest BCUT2D eigenvalue weighted by atomic mass is 32.2. The number of hydrogen-bond acceptors (Lipinski definition) is 10. The average Bonchev–Trinajstić information content (AvgIpc) is 3.77. The molecule has 0 radical (unpaired) electrons. The number of aliphatic hydroxyl groups is 1. The van der Waals surface area contributed by atoms with Crippen LogP contribution in [0.5, 0.6) is 0 Å². The summed E-state index contributed by atoms with van der Waals surface area (Å²) >= 11 is 1.49. The van der Waals surface area contributed by atoms with Gasteiger partial charge in [0.15, 0.2) is 10.9 Å². The topological polar surface area (TPSA) is 152 Å². The molecule has 2 amide bonds. The fourth-order valence-electron chi connectivity index (χ4n) is 7.44. The Balaban J connectivity index is 1.06. The second kappa shape index (κ2) is 15.4. The number of nitrogens with one attached hydrogen (secondary N) is 1. The van der Waals surface area contributed by atoms with E-state index >= 15 is 0 Å². The van der Waals surface area contributed by atoms with E-state index in [0.717, 1.165) is 69.4 Å². The van der Waals surface area contributed by atoms with Crippen LogP contribution in [0.15, 0.2) is 65.9 Å². The highest BCUT2D eigenvalue weighted by molar-refractivity contribution is 8.16. The number of pyridine rings is 2. The van der Waals surface area contributed by atoms with Crippen LogP contribution in [-0.4, -0.2) is 110 Å². The zero-order valence-corrected chi connectivity index (χ0v) is 30.2. The fourth-order valence-corrected chi connectivity index (χ4v) is 8.78. The number of carboxylic acids is 1. The SMILES string of the molecule is Cc1c(Nc2nccc3cc(CCCC(=O)N(C)CCO)cnc23)cccc1-c1cccc2c1CCN2C(=O)C1=NC2CCN(CC(=O)O)CC2S1. The number of carboxylic acid groups (broad SMARTS) is 1. The highest BCUT2D eigenvalue weighted by Crippen LogP contribution is 2.41. The van der Waals surface area contributed by atoms with Crippen molar-refractivity contribution in [3.05, 3.63) is 77.6 Å². The van der Waals surface area contributed by atoms with Gasteiger partial charge in [0.25, 0.3) is 5.91 Å². The maximum Gasteiger partial charge on any atom is 0.317 e. The molecule has 0 spiro atoms. The molecule has 2 aromatic carbocycles. The van der Waals surface area contributed by atoms with Gasteiger partial charge in [-0.05, 0) is 84.7 Å². The van der Waals surface area contributed by atoms with Gasteiger partial charge >= 0.3 is 5.97 Å². The van der Waals surface area contributed by atoms with Gasteiger partial charge in [0.05, 0.1) is 19.2 Å². The van der Waals surface area contributed by atoms with Gasteiger partial charge in [-0.1, -0.05) is 36.0 Å². The minimum Gasteiger partial charge on any atom is -0.480 e. The maximum atomic E-state index is 13.9. The zero-order chi connectivity index (χ0) is 36.4. The molecule has 4 aromatic rings. The quantitative estimate of drug-likeness (QED) is 0.188. The summed E-state index contributed by atoms with van der Waals surface area (Å²) in [6, 6.07) is 16.4. The Bertz CT molecular complexity index is 2060. The van der Waals surface area contributed by atoms with Gasteiger partial charge in [-0.15, -0.1) is 0 Å². The molecule has 7 rings (SSSR count). The second-order valence-corrected chi connectivity index (χ2v) is 14.9. The van der Waals surface area contributed by atoms with Gasteiger partial charge in [0.1, 0.15) is 5.52 Å². The Hall–Kier alpha value is -4.85. The Kier molecular flexibility index (Phi) is 10.5. The van der Waals surface area contributed by atoms with Gasteiger partial charge < -0.3 is 25.3 Å². The molecule has 3 N–H and O–H groups in total. The van der Waals surface area contributed by atoms with Crippen molar-refractivity contribution in [1.82, 2.24) is 19.8 Å². The summed E-state index contributed by atoms with van der Waals surface area (Å²) in [4.78, 5) is 56.9. The third-order valence-electron chi connectivity index (χ3n) is 10.2. The van der Waals surface area contributed by atoms with Crippen LogP contribution in [0.3, 0.4) is 0 Å². The molecule has 13 heteroatoms. The number of carbonyl (C=O) groups is 3. The number of aromatic nitrogens is 2. The van der Waals surface area contributed by atoms with Crippen LogP contribution in [-0.2, 0) is 27.2 Å². The number of aryl methyl sites for hydroxylation is 1. The summed E-state index contributed by atoms with van der Waals surface area (Å²) in [5.41, 5.74) is 7.96. The average molecular weight is 722 g/mol. The van der Waals surface area contributed by atoms with Crippen molar-refractivity contribution in [3.63, 3.8) is 0 Å². The molecule has 3 aliphatic rings. The standard InChI is InChI=1S/C39H43N7O5S/c1-24-27(7-4-9-30(24)42-37-36-26(12-15-40-37)20-25(21-41-36)6-3-11-34(48)44(2)18-19-47)28-8-5-10-32-29(28)13-17-46(32)39(51)38-43-31-14-16-45(23-35(49)50)22-33(31)52-38/h4-5,7-10,12,15,20-21,31,33,47H,3,6,11,13-14,16-19,22-23H2,1-2H3,(H,40,42)(H,49,50). The number of thioether (sulfide) groups is 1. The molecular formula is C39H43N7O5S. The van der Waals surface area contributed by atoms with Crippen molar-refractivity contribution in [2.75, 3.05) is 56.6 Å². The second-order valence-electron chi connectivity index (χ2n) is 13.7. The van der Waals surface area contributed by atoms with Crippen molar-refractivity contribution in [2.45, 2.75) is 50.3 Å². The monoisotopic (exact) mass is 721 g/mol. The number of nitrogens with zero attached hydrogens (tertiary/aromatic N) is 6. The Labute approximate surface area is 307 Å². The first-order valence-electron chi connectivity index (χ1n) is 17.8. The van der Waals surface area contributed by atoms with E-state index in [-0.39, 0.29) is 36.3 Å². The first-order chi connectivity index (χ1) is 25.2. The van der Waals surface area contributed by atoms with E-state index < -0.39 is 5.97 Å². The Morgan fingerprint density at radius 1 is 1.08 bits per heavy atom. The minimum atomic E-state index is -0.834. The van der Waals surface area contributed by atoms with E-state index in [1.165, 1.54) is 11.8 Å². The van der Waals surface area contributed by atoms with Crippen LogP contribution in [0.25, 0.3) is 22.0 Å². The number of aliphatic carboxylic acids is 1. The van der Waals surface area contributed by atoms with Crippen molar-refractivity contribution in [2.24, 2.45) is 4.99 Å². The number of rotatable bonds is 12. The van der Waals surface area contributed by atoms with E-state index in [2.05, 4.69) is 35.4 Å². The number of amides is 2. The van der Waals surface area contributed by atoms with Crippen molar-refractivity contribution < 1.29 is 24.6 Å². The van der Waals surface area contributed by atoms with Crippen LogP contribution in [0.4, 0.5) is 17.2 Å². The number of aliphatic imine (C=N–C) groups is 1. The highest BCUT2D eigenvalue weighted by Gasteiger charge is 2.40. The molecule has 52 heavy (non-hydrogen) atoms. The maximum absolute atomic E-state index is 13.9. The zero-order valence-electron chi connectivity index (χ0n) is 29.4. The van der Waals surface area contributed by atoms with Crippen molar-refractivity contribution in [1.29, 1.82) is 0 Å². The van der Waals surface area contributed by atoms with E-state index in [9.17, 15) is 19.5 Å². The molecule has 2 unspecified atom stereocenters. The molecule has 12 nitrogen and oxygen atoms in total. The van der Waals surface area contributed by atoms with Crippen LogP contribution >= 0.6 is 11.8 Å². The molecule has 0 aliphatic carbocycles. The molecule has 1 saturated heterocycles. The first-order valence-corrected chi connectivity index (χ1v) is 18.7. The largest absolute Gasteiger partial charge is 0.480 e. The third-order valence-corrected chi connectivity index (χ3v) is 11.5. The minimum absolute atomic E-state index is 0.0131. The molecular weight excluding hydrogens is 679 g/mol. The summed E-state index contributed by atoms with van der Waals surface area (Å²) in [7, 11) is 1.71. The van der Waals surface area contributed by atoms with Crippen LogP contribution in [0.2, 0.25) is 0 Å². The van der Waals surface area contributed by atoms with Crippen LogP contribution in [0.1, 0.15) is 36.0 Å². The first kappa shape index (κ1) is 35.5.